The van der Waals surface area contributed by atoms with Crippen molar-refractivity contribution in [3.63, 3.8) is 0 Å². The second-order valence-corrected chi connectivity index (χ2v) is 11.9. The van der Waals surface area contributed by atoms with E-state index in [1.54, 1.807) is 4.90 Å². The summed E-state index contributed by atoms with van der Waals surface area (Å²) in [6, 6.07) is 14.6. The highest BCUT2D eigenvalue weighted by Crippen LogP contribution is 2.53. The fourth-order valence-corrected chi connectivity index (χ4v) is 8.40. The maximum absolute atomic E-state index is 13.9. The minimum absolute atomic E-state index is 0.106. The van der Waals surface area contributed by atoms with Crippen molar-refractivity contribution in [2.45, 2.75) is 42.0 Å². The Morgan fingerprint density at radius 1 is 0.949 bits per heavy atom. The van der Waals surface area contributed by atoms with Gasteiger partial charge in [0, 0.05) is 36.0 Å². The van der Waals surface area contributed by atoms with Crippen LogP contribution in [-0.2, 0) is 20.9 Å². The zero-order valence-electron chi connectivity index (χ0n) is 20.7. The number of nitro groups is 1. The minimum atomic E-state index is -0.810. The number of anilines is 1. The highest BCUT2D eigenvalue weighted by Gasteiger charge is 2.56. The van der Waals surface area contributed by atoms with E-state index in [1.165, 1.54) is 28.8 Å². The molecule has 3 aliphatic heterocycles. The number of carbonyl (C=O) groups is 3. The smallest absolute Gasteiger partial charge is 0.308 e. The molecule has 3 atom stereocenters. The summed E-state index contributed by atoms with van der Waals surface area (Å²) in [4.78, 5) is 67.7. The monoisotopic (exact) mass is 564 g/mol. The topological polar surface area (TPSA) is 123 Å². The number of likely N-dealkylation sites (tertiary alicyclic amines) is 1. The molecule has 10 nitrogen and oxygen atoms in total. The molecule has 0 radical (unpaired) electrons. The number of hydrogen-bond acceptors (Lipinski definition) is 8. The second kappa shape index (κ2) is 10.1. The highest BCUT2D eigenvalue weighted by molar-refractivity contribution is 8.00. The average Bonchev–Trinajstić information content (AvgIpc) is 3.40. The molecule has 6 rings (SSSR count). The van der Waals surface area contributed by atoms with Crippen LogP contribution in [0.3, 0.4) is 0 Å². The maximum atomic E-state index is 13.9. The van der Waals surface area contributed by atoms with Crippen LogP contribution in [0.2, 0.25) is 0 Å². The molecule has 12 heteroatoms. The zero-order valence-corrected chi connectivity index (χ0v) is 22.4. The number of imide groups is 1. The van der Waals surface area contributed by atoms with Crippen LogP contribution in [0.4, 0.5) is 11.4 Å². The first-order valence-corrected chi connectivity index (χ1v) is 14.4. The average molecular weight is 565 g/mol. The van der Waals surface area contributed by atoms with Crippen molar-refractivity contribution in [3.8, 4) is 0 Å². The molecule has 0 spiro atoms. The number of thioether (sulfide) groups is 1. The fourth-order valence-electron chi connectivity index (χ4n) is 5.63. The van der Waals surface area contributed by atoms with Crippen LogP contribution in [-0.4, -0.2) is 50.5 Å². The van der Waals surface area contributed by atoms with Crippen LogP contribution in [0.1, 0.15) is 35.6 Å². The molecule has 3 aromatic rings. The van der Waals surface area contributed by atoms with Crippen LogP contribution in [0.15, 0.2) is 64.4 Å². The fraction of sp³-hybridized carbons (Fsp3) is 0.333. The third kappa shape index (κ3) is 4.37. The first-order valence-electron chi connectivity index (χ1n) is 12.7. The molecule has 200 valence electrons. The van der Waals surface area contributed by atoms with Crippen LogP contribution in [0, 0.1) is 16.0 Å². The lowest BCUT2D eigenvalue weighted by Crippen LogP contribution is -2.39. The van der Waals surface area contributed by atoms with Gasteiger partial charge in [-0.05, 0) is 37.0 Å². The summed E-state index contributed by atoms with van der Waals surface area (Å²) in [6.07, 6.45) is 2.95. The summed E-state index contributed by atoms with van der Waals surface area (Å²) >= 11 is 2.18. The van der Waals surface area contributed by atoms with E-state index in [-0.39, 0.29) is 28.7 Å². The predicted molar refractivity (Wildman–Crippen MR) is 146 cm³/mol. The molecule has 2 saturated heterocycles. The zero-order chi connectivity index (χ0) is 27.3. The van der Waals surface area contributed by atoms with E-state index in [2.05, 4.69) is 0 Å². The molecule has 0 bridgehead atoms. The standard InChI is InChI=1S/C27H24N4O6S2/c32-19(28-13-5-2-6-14-28)15-29-26-23(39-27(29)35)20(16-7-3-1-4-8-16)21-22(38-26)25(34)30(24(21)33)17-9-11-18(12-10-17)31(36)37/h1,3-4,7-12,20-22H,2,5-6,13-15H2/t20-,21+,22-/m0/s1. The van der Waals surface area contributed by atoms with Crippen molar-refractivity contribution in [3.05, 3.63) is 84.8 Å². The quantitative estimate of drug-likeness (QED) is 0.263. The SMILES string of the molecule is O=C(Cn1c2c(sc1=O)[C@@H](c1ccccc1)[C@H]1C(=O)N(c3ccc([N+](=O)[O-])cc3)C(=O)[C@H]1S2)N1CCCCC1. The predicted octanol–water partition coefficient (Wildman–Crippen LogP) is 3.63. The number of nitrogens with zero attached hydrogens (tertiary/aromatic N) is 4. The number of nitro benzene ring substituents is 1. The van der Waals surface area contributed by atoms with E-state index < -0.39 is 33.8 Å². The third-order valence-electron chi connectivity index (χ3n) is 7.53. The van der Waals surface area contributed by atoms with E-state index in [9.17, 15) is 29.3 Å². The molecular weight excluding hydrogens is 540 g/mol. The summed E-state index contributed by atoms with van der Waals surface area (Å²) in [5, 5.41) is 10.8. The van der Waals surface area contributed by atoms with Gasteiger partial charge in [-0.1, -0.05) is 53.4 Å². The van der Waals surface area contributed by atoms with Gasteiger partial charge in [-0.2, -0.15) is 0 Å². The third-order valence-corrected chi connectivity index (χ3v) is 10.1. The van der Waals surface area contributed by atoms with Gasteiger partial charge in [0.1, 0.15) is 11.8 Å². The summed E-state index contributed by atoms with van der Waals surface area (Å²) in [5.74, 6) is -2.30. The van der Waals surface area contributed by atoms with Crippen molar-refractivity contribution < 1.29 is 19.3 Å². The van der Waals surface area contributed by atoms with E-state index in [1.807, 2.05) is 30.3 Å². The molecule has 39 heavy (non-hydrogen) atoms. The van der Waals surface area contributed by atoms with Crippen LogP contribution < -0.4 is 9.77 Å². The number of non-ortho nitro benzene ring substituents is 1. The van der Waals surface area contributed by atoms with Crippen LogP contribution >= 0.6 is 23.1 Å². The number of rotatable bonds is 5. The molecule has 2 fully saturated rings. The van der Waals surface area contributed by atoms with E-state index in [4.69, 9.17) is 0 Å². The second-order valence-electron chi connectivity index (χ2n) is 9.80. The molecule has 0 saturated carbocycles. The number of thiazole rings is 1. The Kier molecular flexibility index (Phi) is 6.59. The van der Waals surface area contributed by atoms with Crippen molar-refractivity contribution in [1.82, 2.24) is 9.47 Å². The van der Waals surface area contributed by atoms with Crippen LogP contribution in [0.5, 0.6) is 0 Å². The van der Waals surface area contributed by atoms with Gasteiger partial charge in [-0.25, -0.2) is 4.90 Å². The Morgan fingerprint density at radius 3 is 2.31 bits per heavy atom. The molecule has 3 aliphatic rings. The number of hydrogen-bond donors (Lipinski definition) is 0. The number of aromatic nitrogens is 1. The lowest BCUT2D eigenvalue weighted by molar-refractivity contribution is -0.384. The van der Waals surface area contributed by atoms with Gasteiger partial charge < -0.3 is 4.90 Å². The molecule has 2 aromatic carbocycles. The molecule has 4 heterocycles. The number of piperidine rings is 1. The van der Waals surface area contributed by atoms with Gasteiger partial charge in [0.25, 0.3) is 5.69 Å². The maximum Gasteiger partial charge on any atom is 0.308 e. The largest absolute Gasteiger partial charge is 0.341 e. The van der Waals surface area contributed by atoms with E-state index >= 15 is 0 Å². The first kappa shape index (κ1) is 25.5. The molecule has 1 aromatic heterocycles. The summed E-state index contributed by atoms with van der Waals surface area (Å²) in [5.41, 5.74) is 0.923. The van der Waals surface area contributed by atoms with Crippen molar-refractivity contribution in [1.29, 1.82) is 0 Å². The van der Waals surface area contributed by atoms with Gasteiger partial charge in [0.05, 0.1) is 21.6 Å². The summed E-state index contributed by atoms with van der Waals surface area (Å²) in [7, 11) is 0. The number of fused-ring (bicyclic) bond motifs is 2. The van der Waals surface area contributed by atoms with Crippen molar-refractivity contribution in [2.75, 3.05) is 18.0 Å². The van der Waals surface area contributed by atoms with Gasteiger partial charge in [0.15, 0.2) is 0 Å². The number of amides is 3. The molecule has 3 amide bonds. The van der Waals surface area contributed by atoms with Gasteiger partial charge in [-0.3, -0.25) is 33.9 Å². The lowest BCUT2D eigenvalue weighted by Gasteiger charge is -2.31. The Balaban J connectivity index is 1.40. The molecular formula is C27H24N4O6S2. The lowest BCUT2D eigenvalue weighted by atomic mass is 9.83. The van der Waals surface area contributed by atoms with Gasteiger partial charge in [-0.15, -0.1) is 0 Å². The summed E-state index contributed by atoms with van der Waals surface area (Å²) < 4.78 is 1.46. The number of benzene rings is 2. The van der Waals surface area contributed by atoms with E-state index in [0.29, 0.717) is 23.0 Å². The number of carbonyl (C=O) groups excluding carboxylic acids is 3. The molecule has 0 N–H and O–H groups in total. The van der Waals surface area contributed by atoms with Gasteiger partial charge in [0.2, 0.25) is 17.7 Å². The Hall–Kier alpha value is -3.77. The highest BCUT2D eigenvalue weighted by atomic mass is 32.2. The molecule has 0 unspecified atom stereocenters. The normalized spacial score (nSPS) is 22.5. The minimum Gasteiger partial charge on any atom is -0.341 e. The van der Waals surface area contributed by atoms with Crippen LogP contribution in [0.25, 0.3) is 0 Å². The van der Waals surface area contributed by atoms with Crippen molar-refractivity contribution in [2.24, 2.45) is 5.92 Å². The Labute approximate surface area is 231 Å². The van der Waals surface area contributed by atoms with Gasteiger partial charge >= 0.3 is 4.87 Å². The molecule has 0 aliphatic carbocycles. The first-order chi connectivity index (χ1) is 18.8. The summed E-state index contributed by atoms with van der Waals surface area (Å²) in [6.45, 7) is 1.23. The van der Waals surface area contributed by atoms with Crippen molar-refractivity contribution >= 4 is 52.2 Å². The Morgan fingerprint density at radius 2 is 1.64 bits per heavy atom. The van der Waals surface area contributed by atoms with E-state index in [0.717, 1.165) is 52.8 Å². The Bertz CT molecular complexity index is 1530.